The van der Waals surface area contributed by atoms with E-state index in [4.69, 9.17) is 21.2 Å². The number of rotatable bonds is 14. The van der Waals surface area contributed by atoms with Crippen LogP contribution in [-0.4, -0.2) is 35.1 Å². The van der Waals surface area contributed by atoms with Gasteiger partial charge in [-0.25, -0.2) is 4.79 Å². The van der Waals surface area contributed by atoms with Gasteiger partial charge >= 0.3 is 5.97 Å². The van der Waals surface area contributed by atoms with Gasteiger partial charge in [-0.2, -0.15) is 0 Å². The van der Waals surface area contributed by atoms with Crippen LogP contribution in [0.15, 0.2) is 40.4 Å². The van der Waals surface area contributed by atoms with Crippen LogP contribution in [0.25, 0.3) is 0 Å². The number of carbonyl (C=O) groups is 2. The predicted octanol–water partition coefficient (Wildman–Crippen LogP) is 4.92. The van der Waals surface area contributed by atoms with Crippen LogP contribution < -0.4 is 9.84 Å². The van der Waals surface area contributed by atoms with E-state index < -0.39 is 11.9 Å². The molecular weight excluding hydrogens is 490 g/mol. The molecule has 0 aliphatic carbocycles. The summed E-state index contributed by atoms with van der Waals surface area (Å²) in [5.74, 6) is -0.187. The van der Waals surface area contributed by atoms with Crippen molar-refractivity contribution >= 4 is 41.0 Å². The number of ether oxygens (including phenoxy) is 1. The second-order valence-corrected chi connectivity index (χ2v) is 9.47. The van der Waals surface area contributed by atoms with E-state index in [1.807, 2.05) is 26.0 Å². The molecule has 2 rings (SSSR count). The fourth-order valence-corrected chi connectivity index (χ4v) is 4.63. The summed E-state index contributed by atoms with van der Waals surface area (Å²) < 4.78 is 5.99. The van der Waals surface area contributed by atoms with Gasteiger partial charge in [0.1, 0.15) is 11.5 Å². The molecule has 190 valence electrons. The maximum atomic E-state index is 11.2. The highest BCUT2D eigenvalue weighted by Crippen LogP contribution is 2.34. The number of hydrogen-bond acceptors (Lipinski definition) is 8. The number of hydrogen-bond donors (Lipinski definition) is 1. The third kappa shape index (κ3) is 9.11. The lowest BCUT2D eigenvalue weighted by molar-refractivity contribution is -0.304. The maximum Gasteiger partial charge on any atom is 0.331 e. The Hall–Kier alpha value is -2.71. The molecule has 9 heteroatoms. The van der Waals surface area contributed by atoms with Gasteiger partial charge in [-0.3, -0.25) is 0 Å². The fraction of sp³-hybridized carbons (Fsp3) is 0.423. The van der Waals surface area contributed by atoms with Crippen LogP contribution in [0.2, 0.25) is 5.02 Å². The SMILES string of the molecule is CCC/C(=N\OC(C)=O)c1ccc(OCCCSc2ccc(CC(=O)[O-])cc2Cl)c(CCC)c1O. The third-order valence-electron chi connectivity index (χ3n) is 4.97. The van der Waals surface area contributed by atoms with Crippen LogP contribution >= 0.6 is 23.4 Å². The molecule has 0 radical (unpaired) electrons. The zero-order chi connectivity index (χ0) is 25.8. The minimum Gasteiger partial charge on any atom is -0.550 e. The van der Waals surface area contributed by atoms with Crippen molar-refractivity contribution in [2.45, 2.75) is 64.2 Å². The molecule has 35 heavy (non-hydrogen) atoms. The molecule has 0 unspecified atom stereocenters. The van der Waals surface area contributed by atoms with Gasteiger partial charge in [-0.1, -0.05) is 49.5 Å². The Bertz CT molecular complexity index is 1060. The Morgan fingerprint density at radius 2 is 1.94 bits per heavy atom. The molecule has 0 heterocycles. The van der Waals surface area contributed by atoms with E-state index in [9.17, 15) is 19.8 Å². The molecule has 0 aliphatic rings. The molecule has 2 aromatic carbocycles. The average Bonchev–Trinajstić information content (AvgIpc) is 2.79. The van der Waals surface area contributed by atoms with Gasteiger partial charge in [0.25, 0.3) is 0 Å². The molecule has 0 aliphatic heterocycles. The van der Waals surface area contributed by atoms with E-state index in [2.05, 4.69) is 5.16 Å². The van der Waals surface area contributed by atoms with E-state index in [-0.39, 0.29) is 12.2 Å². The number of aromatic hydroxyl groups is 1. The molecular formula is C26H31ClNO6S-. The summed E-state index contributed by atoms with van der Waals surface area (Å²) in [6.07, 6.45) is 3.36. The number of nitrogens with zero attached hydrogens (tertiary/aromatic N) is 1. The van der Waals surface area contributed by atoms with Crippen molar-refractivity contribution in [1.29, 1.82) is 0 Å². The normalized spacial score (nSPS) is 11.4. The fourth-order valence-electron chi connectivity index (χ4n) is 3.42. The van der Waals surface area contributed by atoms with Gasteiger partial charge in [0.2, 0.25) is 0 Å². The highest BCUT2D eigenvalue weighted by molar-refractivity contribution is 7.99. The van der Waals surface area contributed by atoms with Crippen molar-refractivity contribution in [3.8, 4) is 11.5 Å². The summed E-state index contributed by atoms with van der Waals surface area (Å²) in [6, 6.07) is 8.76. The van der Waals surface area contributed by atoms with Gasteiger partial charge in [0.05, 0.1) is 17.3 Å². The minimum atomic E-state index is -1.14. The predicted molar refractivity (Wildman–Crippen MR) is 136 cm³/mol. The number of oxime groups is 1. The Morgan fingerprint density at radius 3 is 2.57 bits per heavy atom. The monoisotopic (exact) mass is 520 g/mol. The van der Waals surface area contributed by atoms with Crippen molar-refractivity contribution in [2.75, 3.05) is 12.4 Å². The van der Waals surface area contributed by atoms with Crippen LogP contribution in [0, 0.1) is 0 Å². The Morgan fingerprint density at radius 1 is 1.17 bits per heavy atom. The van der Waals surface area contributed by atoms with E-state index in [1.54, 1.807) is 30.0 Å². The van der Waals surface area contributed by atoms with Crippen molar-refractivity contribution in [1.82, 2.24) is 0 Å². The largest absolute Gasteiger partial charge is 0.550 e. The first-order chi connectivity index (χ1) is 16.8. The number of aliphatic carboxylic acids is 1. The number of carbonyl (C=O) groups excluding carboxylic acids is 2. The zero-order valence-corrected chi connectivity index (χ0v) is 21.8. The molecule has 0 saturated carbocycles. The molecule has 0 aromatic heterocycles. The number of carboxylic acids is 1. The number of carboxylic acid groups (broad SMARTS) is 1. The molecule has 0 atom stereocenters. The Labute approximate surface area is 215 Å². The quantitative estimate of drug-likeness (QED) is 0.124. The van der Waals surface area contributed by atoms with Gasteiger partial charge in [-0.15, -0.1) is 11.8 Å². The number of thioether (sulfide) groups is 1. The molecule has 0 spiro atoms. The number of halogens is 1. The van der Waals surface area contributed by atoms with Gasteiger partial charge in [0.15, 0.2) is 0 Å². The van der Waals surface area contributed by atoms with Crippen molar-refractivity contribution < 1.29 is 29.4 Å². The lowest BCUT2D eigenvalue weighted by atomic mass is 9.98. The second kappa shape index (κ2) is 14.6. The molecule has 0 saturated heterocycles. The van der Waals surface area contributed by atoms with Crippen LogP contribution in [0.3, 0.4) is 0 Å². The maximum absolute atomic E-state index is 11.2. The first-order valence-corrected chi connectivity index (χ1v) is 13.0. The highest BCUT2D eigenvalue weighted by Gasteiger charge is 2.17. The lowest BCUT2D eigenvalue weighted by Crippen LogP contribution is -2.24. The van der Waals surface area contributed by atoms with E-state index in [0.717, 1.165) is 29.9 Å². The molecule has 0 fully saturated rings. The van der Waals surface area contributed by atoms with Gasteiger partial charge < -0.3 is 24.6 Å². The van der Waals surface area contributed by atoms with E-state index >= 15 is 0 Å². The smallest absolute Gasteiger partial charge is 0.331 e. The van der Waals surface area contributed by atoms with Crippen molar-refractivity contribution in [3.05, 3.63) is 52.0 Å². The van der Waals surface area contributed by atoms with Gasteiger partial charge in [-0.05, 0) is 49.1 Å². The molecule has 0 bridgehead atoms. The van der Waals surface area contributed by atoms with Crippen molar-refractivity contribution in [2.24, 2.45) is 5.16 Å². The highest BCUT2D eigenvalue weighted by atomic mass is 35.5. The Kier molecular flexibility index (Phi) is 11.9. The summed E-state index contributed by atoms with van der Waals surface area (Å²) in [4.78, 5) is 27.6. The molecule has 0 amide bonds. The summed E-state index contributed by atoms with van der Waals surface area (Å²) in [5.41, 5.74) is 2.37. The van der Waals surface area contributed by atoms with Crippen LogP contribution in [0.1, 0.15) is 63.1 Å². The van der Waals surface area contributed by atoms with Crippen LogP contribution in [-0.2, 0) is 27.3 Å². The summed E-state index contributed by atoms with van der Waals surface area (Å²) in [7, 11) is 0. The number of phenolic OH excluding ortho intramolecular Hbond substituents is 1. The van der Waals surface area contributed by atoms with Crippen LogP contribution in [0.4, 0.5) is 0 Å². The summed E-state index contributed by atoms with van der Waals surface area (Å²) in [6.45, 7) is 5.74. The van der Waals surface area contributed by atoms with Crippen LogP contribution in [0.5, 0.6) is 11.5 Å². The van der Waals surface area contributed by atoms with Crippen molar-refractivity contribution in [3.63, 3.8) is 0 Å². The second-order valence-electron chi connectivity index (χ2n) is 7.92. The number of phenols is 1. The molecule has 7 nitrogen and oxygen atoms in total. The topological polar surface area (TPSA) is 108 Å². The number of benzene rings is 2. The summed E-state index contributed by atoms with van der Waals surface area (Å²) in [5, 5.41) is 26.1. The Balaban J connectivity index is 2.02. The average molecular weight is 521 g/mol. The third-order valence-corrected chi connectivity index (χ3v) is 6.55. The molecule has 2 aromatic rings. The lowest BCUT2D eigenvalue weighted by Gasteiger charge is -2.16. The minimum absolute atomic E-state index is 0.0986. The first kappa shape index (κ1) is 28.5. The van der Waals surface area contributed by atoms with E-state index in [1.165, 1.54) is 6.92 Å². The zero-order valence-electron chi connectivity index (χ0n) is 20.3. The standard InChI is InChI=1S/C26H32ClNO6S/c1-4-7-20-23(11-10-19(26(20)32)22(8-5-2)28-34-17(3)29)33-13-6-14-35-24-12-9-18(15-21(24)27)16-25(30)31/h9-12,15,32H,4-8,13-14,16H2,1-3H3,(H,30,31)/p-1/b28-22+. The van der Waals surface area contributed by atoms with E-state index in [0.29, 0.717) is 52.6 Å². The van der Waals surface area contributed by atoms with Gasteiger partial charge in [0, 0.05) is 41.1 Å². The first-order valence-electron chi connectivity index (χ1n) is 11.6. The molecule has 1 N–H and O–H groups in total. The summed E-state index contributed by atoms with van der Waals surface area (Å²) >= 11 is 7.83.